The van der Waals surface area contributed by atoms with E-state index >= 15 is 0 Å². The number of ketones is 1. The maximum absolute atomic E-state index is 10.7. The third kappa shape index (κ3) is 9.28. The lowest BCUT2D eigenvalue weighted by Gasteiger charge is -1.86. The number of unbranched alkanes of at least 4 members (excludes halogenated alkanes) is 1. The highest BCUT2D eigenvalue weighted by molar-refractivity contribution is 9.09. The summed E-state index contributed by atoms with van der Waals surface area (Å²) in [7, 11) is 0. The molecule has 13 heavy (non-hydrogen) atoms. The summed E-state index contributed by atoms with van der Waals surface area (Å²) in [5.74, 6) is -0.0237. The van der Waals surface area contributed by atoms with E-state index in [-0.39, 0.29) is 5.78 Å². The first-order chi connectivity index (χ1) is 6.31. The smallest absolute Gasteiger partial charge is 0.177 e. The molecule has 0 aromatic carbocycles. The van der Waals surface area contributed by atoms with E-state index in [4.69, 9.17) is 0 Å². The van der Waals surface area contributed by atoms with Gasteiger partial charge in [0, 0.05) is 5.33 Å². The molecule has 0 heterocycles. The Bertz CT molecular complexity index is 204. The van der Waals surface area contributed by atoms with Gasteiger partial charge in [0.25, 0.3) is 0 Å². The largest absolute Gasteiger partial charge is 0.290 e. The molecule has 0 rings (SSSR count). The van der Waals surface area contributed by atoms with Crippen LogP contribution in [0, 0.1) is 0 Å². The number of carbonyl (C=O) groups excluding carboxylic acids is 1. The summed E-state index contributed by atoms with van der Waals surface area (Å²) in [5, 5.41) is 1.01. The zero-order valence-electron chi connectivity index (χ0n) is 7.71. The van der Waals surface area contributed by atoms with Crippen LogP contribution in [-0.2, 0) is 4.79 Å². The Morgan fingerprint density at radius 1 is 1.15 bits per heavy atom. The third-order valence-corrected chi connectivity index (χ3v) is 1.88. The molecule has 0 aliphatic rings. The van der Waals surface area contributed by atoms with E-state index in [2.05, 4.69) is 34.7 Å². The Balaban J connectivity index is 3.39. The molecular weight excluding hydrogens is 228 g/mol. The van der Waals surface area contributed by atoms with Crippen molar-refractivity contribution >= 4 is 21.7 Å². The molecule has 72 valence electrons. The van der Waals surface area contributed by atoms with Gasteiger partial charge in [-0.25, -0.2) is 0 Å². The van der Waals surface area contributed by atoms with Gasteiger partial charge in [-0.15, -0.1) is 0 Å². The van der Waals surface area contributed by atoms with E-state index in [0.29, 0.717) is 0 Å². The maximum atomic E-state index is 10.7. The molecule has 0 aromatic rings. The number of allylic oxidation sites excluding steroid dienone is 5. The lowest BCUT2D eigenvalue weighted by atomic mass is 10.2. The number of hydrogen-bond acceptors (Lipinski definition) is 1. The summed E-state index contributed by atoms with van der Waals surface area (Å²) in [6, 6.07) is 0. The minimum atomic E-state index is -0.0237. The van der Waals surface area contributed by atoms with Crippen LogP contribution < -0.4 is 0 Å². The van der Waals surface area contributed by atoms with Gasteiger partial charge in [0.2, 0.25) is 0 Å². The molecule has 0 aliphatic carbocycles. The number of rotatable bonds is 7. The van der Waals surface area contributed by atoms with Crippen LogP contribution in [0.5, 0.6) is 0 Å². The molecule has 0 saturated heterocycles. The predicted octanol–water partition coefficient (Wildman–Crippen LogP) is 3.42. The molecule has 0 saturated carbocycles. The quantitative estimate of drug-likeness (QED) is 0.290. The van der Waals surface area contributed by atoms with Crippen LogP contribution >= 0.6 is 15.9 Å². The zero-order valence-corrected chi connectivity index (χ0v) is 9.29. The second kappa shape index (κ2) is 9.46. The maximum Gasteiger partial charge on any atom is 0.177 e. The Morgan fingerprint density at radius 3 is 2.38 bits per heavy atom. The standard InChI is InChI=1S/C11H15BrO/c1-2-11(13)9-7-5-3-4-6-8-10-12/h2,4,6-7,9H,1,3,5,8,10H2/b6-4+,9-7+. The summed E-state index contributed by atoms with van der Waals surface area (Å²) in [4.78, 5) is 10.7. The number of hydrogen-bond donors (Lipinski definition) is 0. The highest BCUT2D eigenvalue weighted by Crippen LogP contribution is 1.96. The minimum absolute atomic E-state index is 0.0237. The van der Waals surface area contributed by atoms with Crippen molar-refractivity contribution in [2.24, 2.45) is 0 Å². The number of halogens is 1. The van der Waals surface area contributed by atoms with Gasteiger partial charge in [-0.2, -0.15) is 0 Å². The Hall–Kier alpha value is -0.630. The topological polar surface area (TPSA) is 17.1 Å². The first-order valence-electron chi connectivity index (χ1n) is 4.35. The molecule has 0 radical (unpaired) electrons. The van der Waals surface area contributed by atoms with E-state index in [0.717, 1.165) is 24.6 Å². The van der Waals surface area contributed by atoms with Crippen molar-refractivity contribution in [2.45, 2.75) is 19.3 Å². The highest BCUT2D eigenvalue weighted by atomic mass is 79.9. The SMILES string of the molecule is C=CC(=O)/C=C/CC/C=C/CCBr. The Kier molecular flexibility index (Phi) is 9.00. The van der Waals surface area contributed by atoms with E-state index in [1.165, 1.54) is 6.08 Å². The summed E-state index contributed by atoms with van der Waals surface area (Å²) in [6.45, 7) is 3.38. The van der Waals surface area contributed by atoms with Crippen molar-refractivity contribution in [2.75, 3.05) is 5.33 Å². The summed E-state index contributed by atoms with van der Waals surface area (Å²) < 4.78 is 0. The fourth-order valence-electron chi connectivity index (χ4n) is 0.759. The van der Waals surface area contributed by atoms with Crippen molar-refractivity contribution in [3.63, 3.8) is 0 Å². The Morgan fingerprint density at radius 2 is 1.77 bits per heavy atom. The molecule has 0 aromatic heterocycles. The average molecular weight is 243 g/mol. The summed E-state index contributed by atoms with van der Waals surface area (Å²) >= 11 is 3.34. The molecule has 2 heteroatoms. The molecule has 0 aliphatic heterocycles. The highest BCUT2D eigenvalue weighted by Gasteiger charge is 1.83. The monoisotopic (exact) mass is 242 g/mol. The van der Waals surface area contributed by atoms with Crippen LogP contribution in [0.15, 0.2) is 37.0 Å². The molecule has 0 atom stereocenters. The molecule has 0 unspecified atom stereocenters. The van der Waals surface area contributed by atoms with Crippen molar-refractivity contribution < 1.29 is 4.79 Å². The third-order valence-electron chi connectivity index (χ3n) is 1.43. The molecule has 0 spiro atoms. The van der Waals surface area contributed by atoms with Gasteiger partial charge in [0.05, 0.1) is 0 Å². The van der Waals surface area contributed by atoms with Gasteiger partial charge in [-0.05, 0) is 31.4 Å². The fraction of sp³-hybridized carbons (Fsp3) is 0.364. The molecule has 0 fully saturated rings. The van der Waals surface area contributed by atoms with Gasteiger partial charge < -0.3 is 0 Å². The molecule has 1 nitrogen and oxygen atoms in total. The number of alkyl halides is 1. The number of carbonyl (C=O) groups is 1. The van der Waals surface area contributed by atoms with Crippen LogP contribution in [0.2, 0.25) is 0 Å². The lowest BCUT2D eigenvalue weighted by molar-refractivity contribution is -0.110. The van der Waals surface area contributed by atoms with E-state index in [1.54, 1.807) is 6.08 Å². The lowest BCUT2D eigenvalue weighted by Crippen LogP contribution is -1.81. The van der Waals surface area contributed by atoms with Crippen LogP contribution in [0.3, 0.4) is 0 Å². The van der Waals surface area contributed by atoms with Crippen LogP contribution in [-0.4, -0.2) is 11.1 Å². The van der Waals surface area contributed by atoms with Gasteiger partial charge >= 0.3 is 0 Å². The van der Waals surface area contributed by atoms with Gasteiger partial charge in [0.15, 0.2) is 5.78 Å². The molecule has 0 amide bonds. The van der Waals surface area contributed by atoms with E-state index < -0.39 is 0 Å². The van der Waals surface area contributed by atoms with E-state index in [9.17, 15) is 4.79 Å². The zero-order chi connectivity index (χ0) is 9.94. The second-order valence-electron chi connectivity index (χ2n) is 2.54. The van der Waals surface area contributed by atoms with Gasteiger partial charge in [-0.1, -0.05) is 40.7 Å². The van der Waals surface area contributed by atoms with Crippen molar-refractivity contribution in [3.05, 3.63) is 37.0 Å². The summed E-state index contributed by atoms with van der Waals surface area (Å²) in [6.07, 6.45) is 12.0. The van der Waals surface area contributed by atoms with Crippen LogP contribution in [0.4, 0.5) is 0 Å². The van der Waals surface area contributed by atoms with Crippen molar-refractivity contribution in [3.8, 4) is 0 Å². The first-order valence-corrected chi connectivity index (χ1v) is 5.47. The molecule has 0 bridgehead atoms. The average Bonchev–Trinajstić information content (AvgIpc) is 2.16. The van der Waals surface area contributed by atoms with Crippen molar-refractivity contribution in [1.82, 2.24) is 0 Å². The minimum Gasteiger partial charge on any atom is -0.290 e. The van der Waals surface area contributed by atoms with Crippen molar-refractivity contribution in [1.29, 1.82) is 0 Å². The predicted molar refractivity (Wildman–Crippen MR) is 61.1 cm³/mol. The normalized spacial score (nSPS) is 11.2. The van der Waals surface area contributed by atoms with Crippen LogP contribution in [0.1, 0.15) is 19.3 Å². The second-order valence-corrected chi connectivity index (χ2v) is 3.33. The van der Waals surface area contributed by atoms with Gasteiger partial charge in [-0.3, -0.25) is 4.79 Å². The van der Waals surface area contributed by atoms with Gasteiger partial charge in [0.1, 0.15) is 0 Å². The molecule has 0 N–H and O–H groups in total. The first kappa shape index (κ1) is 12.4. The van der Waals surface area contributed by atoms with E-state index in [1.807, 2.05) is 6.08 Å². The Labute approximate surface area is 88.3 Å². The molecular formula is C11H15BrO. The van der Waals surface area contributed by atoms with Crippen LogP contribution in [0.25, 0.3) is 0 Å². The fourth-order valence-corrected chi connectivity index (χ4v) is 1.02. The summed E-state index contributed by atoms with van der Waals surface area (Å²) in [5.41, 5.74) is 0.